The highest BCUT2D eigenvalue weighted by Gasteiger charge is 2.35. The standard InChI is InChI=1S/C14H18O3/c1-4-10-17-14(3,13(15)16)12-8-6-11(5-2)7-9-12/h4,6-9H,1,5,10H2,2-3H3,(H,15,16). The topological polar surface area (TPSA) is 46.5 Å². The van der Waals surface area contributed by atoms with Gasteiger partial charge >= 0.3 is 5.97 Å². The van der Waals surface area contributed by atoms with Crippen LogP contribution in [0.5, 0.6) is 0 Å². The first-order chi connectivity index (χ1) is 8.04. The average molecular weight is 234 g/mol. The summed E-state index contributed by atoms with van der Waals surface area (Å²) in [5.74, 6) is -0.997. The summed E-state index contributed by atoms with van der Waals surface area (Å²) in [6.07, 6.45) is 2.47. The highest BCUT2D eigenvalue weighted by Crippen LogP contribution is 2.26. The molecule has 0 fully saturated rings. The molecule has 0 amide bonds. The molecule has 0 spiro atoms. The molecule has 0 aliphatic rings. The number of ether oxygens (including phenoxy) is 1. The summed E-state index contributed by atoms with van der Waals surface area (Å²) >= 11 is 0. The molecule has 0 bridgehead atoms. The number of rotatable bonds is 6. The Bertz CT molecular complexity index is 394. The molecule has 0 heterocycles. The summed E-state index contributed by atoms with van der Waals surface area (Å²) in [5, 5.41) is 9.28. The first-order valence-corrected chi connectivity index (χ1v) is 5.62. The minimum atomic E-state index is -1.32. The molecule has 3 heteroatoms. The maximum Gasteiger partial charge on any atom is 0.340 e. The zero-order valence-corrected chi connectivity index (χ0v) is 10.3. The van der Waals surface area contributed by atoms with Crippen molar-refractivity contribution in [3.05, 3.63) is 48.0 Å². The maximum atomic E-state index is 11.3. The molecule has 17 heavy (non-hydrogen) atoms. The Morgan fingerprint density at radius 2 is 2.06 bits per heavy atom. The van der Waals surface area contributed by atoms with Gasteiger partial charge in [0.25, 0.3) is 0 Å². The van der Waals surface area contributed by atoms with Gasteiger partial charge in [-0.15, -0.1) is 6.58 Å². The predicted molar refractivity (Wildman–Crippen MR) is 67.0 cm³/mol. The SMILES string of the molecule is C=CCOC(C)(C(=O)O)c1ccc(CC)cc1. The Morgan fingerprint density at radius 1 is 1.47 bits per heavy atom. The van der Waals surface area contributed by atoms with Gasteiger partial charge in [-0.2, -0.15) is 0 Å². The van der Waals surface area contributed by atoms with Crippen molar-refractivity contribution in [1.29, 1.82) is 0 Å². The third-order valence-corrected chi connectivity index (χ3v) is 2.81. The lowest BCUT2D eigenvalue weighted by Gasteiger charge is -2.25. The second-order valence-corrected chi connectivity index (χ2v) is 3.99. The van der Waals surface area contributed by atoms with Crippen LogP contribution in [0.1, 0.15) is 25.0 Å². The van der Waals surface area contributed by atoms with Crippen LogP contribution in [-0.4, -0.2) is 17.7 Å². The third kappa shape index (κ3) is 2.94. The first kappa shape index (κ1) is 13.5. The van der Waals surface area contributed by atoms with Gasteiger partial charge in [-0.1, -0.05) is 37.3 Å². The summed E-state index contributed by atoms with van der Waals surface area (Å²) < 4.78 is 5.38. The molecule has 1 unspecified atom stereocenters. The molecule has 1 aromatic carbocycles. The molecule has 0 aliphatic heterocycles. The fourth-order valence-corrected chi connectivity index (χ4v) is 1.55. The van der Waals surface area contributed by atoms with Crippen molar-refractivity contribution in [1.82, 2.24) is 0 Å². The van der Waals surface area contributed by atoms with Gasteiger partial charge in [0, 0.05) is 0 Å². The van der Waals surface area contributed by atoms with E-state index in [1.54, 1.807) is 25.1 Å². The highest BCUT2D eigenvalue weighted by atomic mass is 16.5. The van der Waals surface area contributed by atoms with Crippen LogP contribution in [-0.2, 0) is 21.6 Å². The minimum Gasteiger partial charge on any atom is -0.479 e. The lowest BCUT2D eigenvalue weighted by Crippen LogP contribution is -2.35. The Labute approximate surface area is 102 Å². The largest absolute Gasteiger partial charge is 0.479 e. The van der Waals surface area contributed by atoms with Crippen molar-refractivity contribution in [2.24, 2.45) is 0 Å². The molecule has 92 valence electrons. The Morgan fingerprint density at radius 3 is 2.47 bits per heavy atom. The predicted octanol–water partition coefficient (Wildman–Crippen LogP) is 2.75. The van der Waals surface area contributed by atoms with Gasteiger partial charge in [0.2, 0.25) is 0 Å². The van der Waals surface area contributed by atoms with Crippen molar-refractivity contribution in [2.75, 3.05) is 6.61 Å². The van der Waals surface area contributed by atoms with E-state index in [-0.39, 0.29) is 6.61 Å². The maximum absolute atomic E-state index is 11.3. The smallest absolute Gasteiger partial charge is 0.340 e. The summed E-state index contributed by atoms with van der Waals surface area (Å²) in [6, 6.07) is 7.45. The van der Waals surface area contributed by atoms with Crippen molar-refractivity contribution in [3.63, 3.8) is 0 Å². The molecular weight excluding hydrogens is 216 g/mol. The molecular formula is C14H18O3. The molecule has 1 rings (SSSR count). The van der Waals surface area contributed by atoms with Crippen molar-refractivity contribution in [2.45, 2.75) is 25.9 Å². The summed E-state index contributed by atoms with van der Waals surface area (Å²) in [7, 11) is 0. The van der Waals surface area contributed by atoms with E-state index in [4.69, 9.17) is 4.74 Å². The summed E-state index contributed by atoms with van der Waals surface area (Å²) in [6.45, 7) is 7.34. The van der Waals surface area contributed by atoms with Crippen LogP contribution in [0.2, 0.25) is 0 Å². The van der Waals surface area contributed by atoms with E-state index in [0.717, 1.165) is 6.42 Å². The Hall–Kier alpha value is -1.61. The average Bonchev–Trinajstić information content (AvgIpc) is 2.35. The van der Waals surface area contributed by atoms with Crippen molar-refractivity contribution >= 4 is 5.97 Å². The molecule has 1 N–H and O–H groups in total. The van der Waals surface area contributed by atoms with E-state index >= 15 is 0 Å². The van der Waals surface area contributed by atoms with E-state index in [1.165, 1.54) is 5.56 Å². The van der Waals surface area contributed by atoms with E-state index in [0.29, 0.717) is 5.56 Å². The first-order valence-electron chi connectivity index (χ1n) is 5.62. The highest BCUT2D eigenvalue weighted by molar-refractivity contribution is 5.79. The Kier molecular flexibility index (Phi) is 4.46. The van der Waals surface area contributed by atoms with E-state index in [9.17, 15) is 9.90 Å². The molecule has 0 aliphatic carbocycles. The van der Waals surface area contributed by atoms with Crippen molar-refractivity contribution < 1.29 is 14.6 Å². The van der Waals surface area contributed by atoms with Crippen LogP contribution in [0.15, 0.2) is 36.9 Å². The zero-order valence-electron chi connectivity index (χ0n) is 10.3. The van der Waals surface area contributed by atoms with Gasteiger partial charge in [-0.05, 0) is 24.5 Å². The fourth-order valence-electron chi connectivity index (χ4n) is 1.55. The van der Waals surface area contributed by atoms with Crippen LogP contribution in [0.4, 0.5) is 0 Å². The Balaban J connectivity index is 3.04. The van der Waals surface area contributed by atoms with Gasteiger partial charge in [-0.25, -0.2) is 4.79 Å². The second kappa shape index (κ2) is 5.64. The molecule has 0 aromatic heterocycles. The molecule has 3 nitrogen and oxygen atoms in total. The van der Waals surface area contributed by atoms with Crippen molar-refractivity contribution in [3.8, 4) is 0 Å². The summed E-state index contributed by atoms with van der Waals surface area (Å²) in [4.78, 5) is 11.3. The zero-order chi connectivity index (χ0) is 12.9. The second-order valence-electron chi connectivity index (χ2n) is 3.99. The van der Waals surface area contributed by atoms with Crippen LogP contribution in [0.3, 0.4) is 0 Å². The summed E-state index contributed by atoms with van der Waals surface area (Å²) in [5.41, 5.74) is 0.495. The van der Waals surface area contributed by atoms with Gasteiger partial charge in [-0.3, -0.25) is 0 Å². The number of carboxylic acids is 1. The van der Waals surface area contributed by atoms with Gasteiger partial charge in [0.05, 0.1) is 6.61 Å². The van der Waals surface area contributed by atoms with Gasteiger partial charge in [0.15, 0.2) is 5.60 Å². The number of carboxylic acid groups (broad SMARTS) is 1. The van der Waals surface area contributed by atoms with Gasteiger partial charge in [0.1, 0.15) is 0 Å². The molecule has 0 saturated carbocycles. The van der Waals surface area contributed by atoms with Crippen LogP contribution < -0.4 is 0 Å². The van der Waals surface area contributed by atoms with E-state index in [1.807, 2.05) is 12.1 Å². The number of aryl methyl sites for hydroxylation is 1. The number of aliphatic carboxylic acids is 1. The quantitative estimate of drug-likeness (QED) is 0.770. The molecule has 0 radical (unpaired) electrons. The number of hydrogen-bond acceptors (Lipinski definition) is 2. The molecule has 1 atom stereocenters. The van der Waals surface area contributed by atoms with E-state index < -0.39 is 11.6 Å². The van der Waals surface area contributed by atoms with Gasteiger partial charge < -0.3 is 9.84 Å². The number of benzene rings is 1. The van der Waals surface area contributed by atoms with E-state index in [2.05, 4.69) is 13.5 Å². The lowest BCUT2D eigenvalue weighted by atomic mass is 9.94. The number of carbonyl (C=O) groups is 1. The lowest BCUT2D eigenvalue weighted by molar-refractivity contribution is -0.163. The minimum absolute atomic E-state index is 0.207. The van der Waals surface area contributed by atoms with Crippen LogP contribution in [0, 0.1) is 0 Å². The number of hydrogen-bond donors (Lipinski definition) is 1. The normalized spacial score (nSPS) is 14.0. The fraction of sp³-hybridized carbons (Fsp3) is 0.357. The van der Waals surface area contributed by atoms with Crippen LogP contribution >= 0.6 is 0 Å². The molecule has 0 saturated heterocycles. The monoisotopic (exact) mass is 234 g/mol. The van der Waals surface area contributed by atoms with Crippen LogP contribution in [0.25, 0.3) is 0 Å². The molecule has 1 aromatic rings. The third-order valence-electron chi connectivity index (χ3n) is 2.81.